The fourth-order valence-electron chi connectivity index (χ4n) is 2.16. The second kappa shape index (κ2) is 17.3. The number of aliphatic carboxylic acids is 1. The number of hydrogen-bond acceptors (Lipinski definition) is 5. The van der Waals surface area contributed by atoms with Gasteiger partial charge in [-0.3, -0.25) is 9.69 Å². The predicted octanol–water partition coefficient (Wildman–Crippen LogP) is -2.05. The molecular formula is C17H33LiN2O4. The molecule has 0 fully saturated rings. The van der Waals surface area contributed by atoms with E-state index in [1.807, 2.05) is 11.8 Å². The van der Waals surface area contributed by atoms with Crippen LogP contribution < -0.4 is 29.3 Å². The van der Waals surface area contributed by atoms with E-state index in [1.54, 1.807) is 6.08 Å². The van der Waals surface area contributed by atoms with Gasteiger partial charge in [0.05, 0.1) is 12.5 Å². The summed E-state index contributed by atoms with van der Waals surface area (Å²) in [7, 11) is 0. The van der Waals surface area contributed by atoms with Crippen LogP contribution in [0.25, 0.3) is 0 Å². The summed E-state index contributed by atoms with van der Waals surface area (Å²) in [6.07, 6.45) is 5.91. The topological polar surface area (TPSA) is 95.9 Å². The molecule has 3 N–H and O–H groups in total. The first-order chi connectivity index (χ1) is 11.0. The third-order valence-electron chi connectivity index (χ3n) is 3.56. The molecule has 1 atom stereocenters. The number of aliphatic hydroxyl groups is 1. The number of nitrogens with zero attached hydrogens (tertiary/aromatic N) is 1. The molecule has 24 heavy (non-hydrogen) atoms. The van der Waals surface area contributed by atoms with Gasteiger partial charge in [0.1, 0.15) is 0 Å². The van der Waals surface area contributed by atoms with Crippen molar-refractivity contribution in [3.63, 3.8) is 0 Å². The molecule has 0 saturated carbocycles. The summed E-state index contributed by atoms with van der Waals surface area (Å²) in [5, 5.41) is 33.5. The molecule has 0 aliphatic heterocycles. The molecule has 0 aromatic rings. The van der Waals surface area contributed by atoms with Gasteiger partial charge in [-0.25, -0.2) is 0 Å². The molecule has 6 nitrogen and oxygen atoms in total. The Hall–Kier alpha value is -0.513. The Bertz CT molecular complexity index is 341. The zero-order valence-corrected chi connectivity index (χ0v) is 15.6. The zero-order chi connectivity index (χ0) is 17.5. The van der Waals surface area contributed by atoms with Crippen LogP contribution in [-0.2, 0) is 4.79 Å². The summed E-state index contributed by atoms with van der Waals surface area (Å²) in [6, 6.07) is 0. The molecule has 0 amide bonds. The van der Waals surface area contributed by atoms with Gasteiger partial charge in [-0.2, -0.15) is 0 Å². The van der Waals surface area contributed by atoms with E-state index in [4.69, 9.17) is 5.11 Å². The first-order valence-corrected chi connectivity index (χ1v) is 8.68. The quantitative estimate of drug-likeness (QED) is 0.181. The van der Waals surface area contributed by atoms with Gasteiger partial charge in [-0.1, -0.05) is 39.2 Å². The van der Waals surface area contributed by atoms with Gasteiger partial charge < -0.3 is 20.6 Å². The molecule has 0 aliphatic carbocycles. The largest absolute Gasteiger partial charge is 1.00 e. The van der Waals surface area contributed by atoms with Crippen molar-refractivity contribution in [2.24, 2.45) is 0 Å². The van der Waals surface area contributed by atoms with Crippen molar-refractivity contribution in [3.05, 3.63) is 11.8 Å². The second-order valence-electron chi connectivity index (χ2n) is 5.88. The monoisotopic (exact) mass is 336 g/mol. The van der Waals surface area contributed by atoms with Crippen molar-refractivity contribution in [3.8, 4) is 0 Å². The van der Waals surface area contributed by atoms with Crippen molar-refractivity contribution in [1.29, 1.82) is 0 Å². The smallest absolute Gasteiger partial charge is 0.875 e. The fourth-order valence-corrected chi connectivity index (χ4v) is 2.16. The molecule has 0 bridgehead atoms. The Morgan fingerprint density at radius 3 is 2.58 bits per heavy atom. The number of nitrogens with one attached hydrogen (secondary N) is 1. The van der Waals surface area contributed by atoms with Gasteiger partial charge in [0.2, 0.25) is 0 Å². The fraction of sp³-hybridized carbons (Fsp3) is 0.824. The van der Waals surface area contributed by atoms with E-state index in [0.717, 1.165) is 32.1 Å². The molecule has 0 radical (unpaired) electrons. The third kappa shape index (κ3) is 16.3. The van der Waals surface area contributed by atoms with E-state index in [-0.39, 0.29) is 43.7 Å². The summed E-state index contributed by atoms with van der Waals surface area (Å²) in [6.45, 7) is 6.48. The van der Waals surface area contributed by atoms with Crippen LogP contribution >= 0.6 is 0 Å². The van der Waals surface area contributed by atoms with Crippen LogP contribution in [0.1, 0.15) is 52.4 Å². The van der Waals surface area contributed by atoms with Crippen LogP contribution in [0, 0.1) is 0 Å². The maximum Gasteiger partial charge on any atom is 1.00 e. The average Bonchev–Trinajstić information content (AvgIpc) is 2.52. The van der Waals surface area contributed by atoms with E-state index < -0.39 is 5.97 Å². The van der Waals surface area contributed by atoms with Gasteiger partial charge in [-0.05, 0) is 12.8 Å². The number of rotatable bonds is 15. The molecule has 0 saturated heterocycles. The van der Waals surface area contributed by atoms with E-state index in [1.165, 1.54) is 0 Å². The minimum atomic E-state index is -0.858. The minimum absolute atomic E-state index is 0. The second-order valence-corrected chi connectivity index (χ2v) is 5.88. The van der Waals surface area contributed by atoms with Gasteiger partial charge in [-0.15, -0.1) is 5.76 Å². The molecule has 0 rings (SSSR count). The summed E-state index contributed by atoms with van der Waals surface area (Å²) in [4.78, 5) is 12.6. The number of carbonyl (C=O) groups is 1. The minimum Gasteiger partial charge on any atom is -0.875 e. The SMILES string of the molecule is CCC/C=C(\[O-])CN(CCNCC(O)CCCC)CCC(=O)O.[Li+]. The molecule has 7 heteroatoms. The Labute approximate surface area is 158 Å². The van der Waals surface area contributed by atoms with E-state index in [2.05, 4.69) is 12.2 Å². The maximum atomic E-state index is 11.8. The zero-order valence-electron chi connectivity index (χ0n) is 15.6. The molecule has 1 unspecified atom stereocenters. The normalized spacial score (nSPS) is 12.9. The van der Waals surface area contributed by atoms with Crippen molar-refractivity contribution in [2.45, 2.75) is 58.5 Å². The number of hydrogen-bond donors (Lipinski definition) is 3. The van der Waals surface area contributed by atoms with Crippen molar-refractivity contribution in [2.75, 3.05) is 32.7 Å². The Balaban J connectivity index is 0. The molecule has 0 spiro atoms. The Morgan fingerprint density at radius 1 is 1.29 bits per heavy atom. The number of aliphatic hydroxyl groups excluding tert-OH is 1. The summed E-state index contributed by atoms with van der Waals surface area (Å²) in [5.74, 6) is -0.817. The standard InChI is InChI=1S/C17H34N2O4.Li/c1-3-5-7-15(20)13-18-10-12-19(11-9-17(22)23)14-16(21)8-6-4-2;/h8,15,18,20-21H,3-7,9-14H2,1-2H3,(H,22,23);/q;+1/p-1/b16-8-;. The molecule has 0 aromatic carbocycles. The van der Waals surface area contributed by atoms with Crippen LogP contribution in [0.15, 0.2) is 11.8 Å². The van der Waals surface area contributed by atoms with Crippen LogP contribution in [0.3, 0.4) is 0 Å². The Kier molecular flexibility index (Phi) is 18.6. The van der Waals surface area contributed by atoms with Gasteiger partial charge >= 0.3 is 24.8 Å². The number of allylic oxidation sites excluding steroid dienone is 1. The van der Waals surface area contributed by atoms with Gasteiger partial charge in [0, 0.05) is 32.7 Å². The summed E-state index contributed by atoms with van der Waals surface area (Å²) >= 11 is 0. The van der Waals surface area contributed by atoms with E-state index in [9.17, 15) is 15.0 Å². The average molecular weight is 336 g/mol. The van der Waals surface area contributed by atoms with Crippen molar-refractivity contribution < 1.29 is 39.0 Å². The van der Waals surface area contributed by atoms with Gasteiger partial charge in [0.15, 0.2) is 0 Å². The predicted molar refractivity (Wildman–Crippen MR) is 90.1 cm³/mol. The van der Waals surface area contributed by atoms with Crippen LogP contribution in [-0.4, -0.2) is 59.9 Å². The summed E-state index contributed by atoms with van der Waals surface area (Å²) < 4.78 is 0. The maximum absolute atomic E-state index is 11.8. The molecule has 136 valence electrons. The summed E-state index contributed by atoms with van der Waals surface area (Å²) in [5.41, 5.74) is 0. The van der Waals surface area contributed by atoms with E-state index >= 15 is 0 Å². The number of carboxylic acids is 1. The third-order valence-corrected chi connectivity index (χ3v) is 3.56. The van der Waals surface area contributed by atoms with Crippen molar-refractivity contribution in [1.82, 2.24) is 10.2 Å². The first kappa shape index (κ1) is 25.7. The molecule has 0 aromatic heterocycles. The molecule has 0 heterocycles. The van der Waals surface area contributed by atoms with Crippen LogP contribution in [0.4, 0.5) is 0 Å². The van der Waals surface area contributed by atoms with Crippen molar-refractivity contribution >= 4 is 5.97 Å². The van der Waals surface area contributed by atoms with Crippen LogP contribution in [0.5, 0.6) is 0 Å². The molecule has 0 aliphatic rings. The van der Waals surface area contributed by atoms with Crippen LogP contribution in [0.2, 0.25) is 0 Å². The number of unbranched alkanes of at least 4 members (excludes halogenated alkanes) is 2. The Morgan fingerprint density at radius 2 is 2.00 bits per heavy atom. The first-order valence-electron chi connectivity index (χ1n) is 8.68. The molecular weight excluding hydrogens is 303 g/mol. The van der Waals surface area contributed by atoms with Gasteiger partial charge in [0.25, 0.3) is 0 Å². The van der Waals surface area contributed by atoms with E-state index in [0.29, 0.717) is 26.2 Å². The number of carboxylic acid groups (broad SMARTS) is 1.